The average Bonchev–Trinajstić information content (AvgIpc) is 2.46. The van der Waals surface area contributed by atoms with Gasteiger partial charge in [-0.05, 0) is 12.8 Å². The zero-order valence-electron chi connectivity index (χ0n) is 6.52. The Morgan fingerprint density at radius 1 is 1.45 bits per heavy atom. The summed E-state index contributed by atoms with van der Waals surface area (Å²) in [5.41, 5.74) is 0. The Kier molecular flexibility index (Phi) is 2.03. The predicted molar refractivity (Wildman–Crippen MR) is 47.3 cm³/mol. The van der Waals surface area contributed by atoms with Crippen LogP contribution in [0.5, 0.6) is 0 Å². The molecule has 0 aromatic carbocycles. The van der Waals surface area contributed by atoms with E-state index < -0.39 is 0 Å². The normalized spacial score (nSPS) is 35.9. The minimum atomic E-state index is 0.539. The van der Waals surface area contributed by atoms with Crippen LogP contribution in [-0.4, -0.2) is 23.8 Å². The Bertz CT molecular complexity index is 179. The van der Waals surface area contributed by atoms with E-state index in [9.17, 15) is 0 Å². The highest BCUT2D eigenvalue weighted by Crippen LogP contribution is 2.24. The molecule has 2 rings (SSSR count). The highest BCUT2D eigenvalue weighted by atomic mass is 35.5. The molecule has 2 aliphatic rings. The third-order valence-corrected chi connectivity index (χ3v) is 2.78. The Morgan fingerprint density at radius 3 is 3.00 bits per heavy atom. The number of hydrogen-bond donors (Lipinski definition) is 1. The van der Waals surface area contributed by atoms with Crippen LogP contribution in [0.2, 0.25) is 0 Å². The number of aliphatic imine (C=N–C) groups is 1. The van der Waals surface area contributed by atoms with Gasteiger partial charge in [0, 0.05) is 6.04 Å². The molecule has 1 saturated carbocycles. The van der Waals surface area contributed by atoms with Crippen molar-refractivity contribution in [1.82, 2.24) is 5.32 Å². The summed E-state index contributed by atoms with van der Waals surface area (Å²) in [6.45, 7) is 0. The first-order valence-electron chi connectivity index (χ1n) is 4.29. The standard InChI is InChI=1S/C8H13ClN2/c9-5-8-10-6-3-1-2-4-7(6)11-8/h6-7H,1-5H2,(H,10,11)/t6-,7+. The van der Waals surface area contributed by atoms with E-state index in [1.165, 1.54) is 25.7 Å². The van der Waals surface area contributed by atoms with Gasteiger partial charge < -0.3 is 5.32 Å². The fourth-order valence-corrected chi connectivity index (χ4v) is 2.10. The molecule has 0 saturated heterocycles. The van der Waals surface area contributed by atoms with E-state index >= 15 is 0 Å². The monoisotopic (exact) mass is 172 g/mol. The summed E-state index contributed by atoms with van der Waals surface area (Å²) in [6, 6.07) is 1.15. The summed E-state index contributed by atoms with van der Waals surface area (Å²) >= 11 is 5.68. The minimum absolute atomic E-state index is 0.539. The molecule has 0 amide bonds. The molecule has 1 aliphatic heterocycles. The number of halogens is 1. The van der Waals surface area contributed by atoms with Crippen molar-refractivity contribution in [2.75, 3.05) is 5.88 Å². The van der Waals surface area contributed by atoms with Gasteiger partial charge in [-0.15, -0.1) is 11.6 Å². The van der Waals surface area contributed by atoms with Crippen molar-refractivity contribution in [3.8, 4) is 0 Å². The molecule has 3 heteroatoms. The van der Waals surface area contributed by atoms with Gasteiger partial charge in [0.1, 0.15) is 5.84 Å². The molecule has 0 bridgehead atoms. The van der Waals surface area contributed by atoms with E-state index in [-0.39, 0.29) is 0 Å². The maximum atomic E-state index is 5.68. The quantitative estimate of drug-likeness (QED) is 0.597. The van der Waals surface area contributed by atoms with Crippen molar-refractivity contribution in [3.05, 3.63) is 0 Å². The molecule has 0 aromatic heterocycles. The molecule has 0 radical (unpaired) electrons. The fraction of sp³-hybridized carbons (Fsp3) is 0.875. The fourth-order valence-electron chi connectivity index (χ4n) is 1.96. The maximum absolute atomic E-state index is 5.68. The van der Waals surface area contributed by atoms with Crippen LogP contribution in [0.1, 0.15) is 25.7 Å². The van der Waals surface area contributed by atoms with Crippen LogP contribution in [0.4, 0.5) is 0 Å². The van der Waals surface area contributed by atoms with Gasteiger partial charge in [0.25, 0.3) is 0 Å². The molecule has 1 heterocycles. The van der Waals surface area contributed by atoms with Crippen LogP contribution in [0.3, 0.4) is 0 Å². The van der Waals surface area contributed by atoms with Gasteiger partial charge >= 0.3 is 0 Å². The third kappa shape index (κ3) is 1.36. The van der Waals surface area contributed by atoms with E-state index in [2.05, 4.69) is 10.3 Å². The van der Waals surface area contributed by atoms with Gasteiger partial charge in [0.15, 0.2) is 0 Å². The van der Waals surface area contributed by atoms with Gasteiger partial charge in [-0.2, -0.15) is 0 Å². The van der Waals surface area contributed by atoms with Gasteiger partial charge in [0.05, 0.1) is 11.9 Å². The molecule has 2 nitrogen and oxygen atoms in total. The van der Waals surface area contributed by atoms with E-state index in [0.717, 1.165) is 5.84 Å². The maximum Gasteiger partial charge on any atom is 0.112 e. The Morgan fingerprint density at radius 2 is 2.27 bits per heavy atom. The number of hydrogen-bond acceptors (Lipinski definition) is 2. The molecule has 1 aliphatic carbocycles. The molecule has 11 heavy (non-hydrogen) atoms. The number of nitrogens with zero attached hydrogens (tertiary/aromatic N) is 1. The molecule has 1 N–H and O–H groups in total. The number of rotatable bonds is 1. The van der Waals surface area contributed by atoms with Gasteiger partial charge in [0.2, 0.25) is 0 Å². The lowest BCUT2D eigenvalue weighted by Gasteiger charge is -2.23. The van der Waals surface area contributed by atoms with Crippen LogP contribution in [0.25, 0.3) is 0 Å². The third-order valence-electron chi connectivity index (χ3n) is 2.53. The predicted octanol–water partition coefficient (Wildman–Crippen LogP) is 1.54. The molecule has 1 fully saturated rings. The summed E-state index contributed by atoms with van der Waals surface area (Å²) in [7, 11) is 0. The molecule has 62 valence electrons. The molecule has 2 atom stereocenters. The second-order valence-electron chi connectivity index (χ2n) is 3.31. The second-order valence-corrected chi connectivity index (χ2v) is 3.58. The van der Waals surface area contributed by atoms with Crippen molar-refractivity contribution in [3.63, 3.8) is 0 Å². The van der Waals surface area contributed by atoms with Gasteiger partial charge in [-0.3, -0.25) is 4.99 Å². The Labute approximate surface area is 72.0 Å². The van der Waals surface area contributed by atoms with Crippen molar-refractivity contribution in [2.45, 2.75) is 37.8 Å². The zero-order valence-corrected chi connectivity index (χ0v) is 7.27. The lowest BCUT2D eigenvalue weighted by Crippen LogP contribution is -2.37. The Balaban J connectivity index is 2.02. The lowest BCUT2D eigenvalue weighted by atomic mass is 9.92. The zero-order chi connectivity index (χ0) is 7.68. The largest absolute Gasteiger partial charge is 0.368 e. The second kappa shape index (κ2) is 3.02. The van der Waals surface area contributed by atoms with Crippen LogP contribution in [-0.2, 0) is 0 Å². The van der Waals surface area contributed by atoms with Crippen LogP contribution in [0.15, 0.2) is 4.99 Å². The lowest BCUT2D eigenvalue weighted by molar-refractivity contribution is 0.384. The molecular weight excluding hydrogens is 160 g/mol. The molecule has 0 aromatic rings. The first-order chi connectivity index (χ1) is 5.40. The SMILES string of the molecule is ClCC1=N[C@H]2CCCC[C@H]2N1. The average molecular weight is 173 g/mol. The summed E-state index contributed by atoms with van der Waals surface area (Å²) in [6.07, 6.45) is 5.20. The van der Waals surface area contributed by atoms with Crippen molar-refractivity contribution >= 4 is 17.4 Å². The van der Waals surface area contributed by atoms with Crippen molar-refractivity contribution in [1.29, 1.82) is 0 Å². The molecule has 0 spiro atoms. The van der Waals surface area contributed by atoms with Gasteiger partial charge in [-0.25, -0.2) is 0 Å². The smallest absolute Gasteiger partial charge is 0.112 e. The summed E-state index contributed by atoms with van der Waals surface area (Å²) in [5, 5.41) is 3.36. The summed E-state index contributed by atoms with van der Waals surface area (Å²) < 4.78 is 0. The topological polar surface area (TPSA) is 24.4 Å². The van der Waals surface area contributed by atoms with E-state index in [1.54, 1.807) is 0 Å². The summed E-state index contributed by atoms with van der Waals surface area (Å²) in [5.74, 6) is 1.55. The number of amidine groups is 1. The van der Waals surface area contributed by atoms with E-state index in [4.69, 9.17) is 11.6 Å². The number of fused-ring (bicyclic) bond motifs is 1. The van der Waals surface area contributed by atoms with Crippen molar-refractivity contribution in [2.24, 2.45) is 4.99 Å². The highest BCUT2D eigenvalue weighted by Gasteiger charge is 2.29. The molecular formula is C8H13ClN2. The first-order valence-corrected chi connectivity index (χ1v) is 4.83. The number of alkyl halides is 1. The van der Waals surface area contributed by atoms with Gasteiger partial charge in [-0.1, -0.05) is 12.8 Å². The Hall–Kier alpha value is -0.240. The van der Waals surface area contributed by atoms with Crippen LogP contribution in [0, 0.1) is 0 Å². The highest BCUT2D eigenvalue weighted by molar-refractivity contribution is 6.28. The van der Waals surface area contributed by atoms with E-state index in [0.29, 0.717) is 18.0 Å². The molecule has 0 unspecified atom stereocenters. The summed E-state index contributed by atoms with van der Waals surface area (Å²) in [4.78, 5) is 4.50. The van der Waals surface area contributed by atoms with E-state index in [1.807, 2.05) is 0 Å². The van der Waals surface area contributed by atoms with Crippen molar-refractivity contribution < 1.29 is 0 Å². The first kappa shape index (κ1) is 7.41. The van der Waals surface area contributed by atoms with Crippen LogP contribution >= 0.6 is 11.6 Å². The van der Waals surface area contributed by atoms with Crippen LogP contribution < -0.4 is 5.32 Å². The minimum Gasteiger partial charge on any atom is -0.368 e. The number of nitrogens with one attached hydrogen (secondary N) is 1.